The summed E-state index contributed by atoms with van der Waals surface area (Å²) in [4.78, 5) is 16.8. The fraction of sp³-hybridized carbons (Fsp3) is 0.238. The predicted molar refractivity (Wildman–Crippen MR) is 117 cm³/mol. The van der Waals surface area contributed by atoms with Gasteiger partial charge in [-0.1, -0.05) is 40.9 Å². The van der Waals surface area contributed by atoms with Crippen molar-refractivity contribution in [1.29, 1.82) is 0 Å². The van der Waals surface area contributed by atoms with Crippen molar-refractivity contribution in [2.45, 2.75) is 6.54 Å². The topological polar surface area (TPSA) is 52.2 Å². The highest BCUT2D eigenvalue weighted by molar-refractivity contribution is 6.36. The zero-order chi connectivity index (χ0) is 21.3. The molecule has 1 amide bonds. The van der Waals surface area contributed by atoms with Gasteiger partial charge in [-0.3, -0.25) is 14.8 Å². The summed E-state index contributed by atoms with van der Waals surface area (Å²) in [6, 6.07) is 11.3. The van der Waals surface area contributed by atoms with Crippen LogP contribution in [0.5, 0.6) is 0 Å². The number of nitrogens with zero attached hydrogens (tertiary/aromatic N) is 3. The lowest BCUT2D eigenvalue weighted by molar-refractivity contribution is 0.0622. The molecule has 1 aliphatic heterocycles. The summed E-state index contributed by atoms with van der Waals surface area (Å²) >= 11 is 18.3. The van der Waals surface area contributed by atoms with Gasteiger partial charge in [-0.05, 0) is 42.0 Å². The third-order valence-corrected chi connectivity index (χ3v) is 5.98. The Morgan fingerprint density at radius 1 is 1.00 bits per heavy atom. The number of H-pyrrole nitrogens is 1. The largest absolute Gasteiger partial charge is 0.335 e. The molecule has 5 nitrogen and oxygen atoms in total. The lowest BCUT2D eigenvalue weighted by atomic mass is 10.1. The van der Waals surface area contributed by atoms with Gasteiger partial charge in [0.25, 0.3) is 5.91 Å². The number of nitrogens with one attached hydrogen (secondary N) is 1. The van der Waals surface area contributed by atoms with Crippen molar-refractivity contribution in [2.75, 3.05) is 26.2 Å². The Hall–Kier alpha value is -2.12. The molecular weight excluding hydrogens is 450 g/mol. The Kier molecular flexibility index (Phi) is 6.29. The second-order valence-electron chi connectivity index (χ2n) is 7.10. The average Bonchev–Trinajstić information content (AvgIpc) is 3.20. The molecule has 1 saturated heterocycles. The van der Waals surface area contributed by atoms with E-state index in [-0.39, 0.29) is 11.7 Å². The summed E-state index contributed by atoms with van der Waals surface area (Å²) in [5, 5.41) is 8.46. The van der Waals surface area contributed by atoms with Gasteiger partial charge in [0.2, 0.25) is 0 Å². The minimum absolute atomic E-state index is 0.113. The van der Waals surface area contributed by atoms with Crippen LogP contribution in [0.4, 0.5) is 4.39 Å². The van der Waals surface area contributed by atoms with Gasteiger partial charge >= 0.3 is 0 Å². The molecule has 1 aromatic heterocycles. The van der Waals surface area contributed by atoms with E-state index in [4.69, 9.17) is 34.8 Å². The van der Waals surface area contributed by atoms with E-state index < -0.39 is 0 Å². The number of hydrogen-bond acceptors (Lipinski definition) is 3. The fourth-order valence-electron chi connectivity index (χ4n) is 3.44. The lowest BCUT2D eigenvalue weighted by Crippen LogP contribution is -2.48. The van der Waals surface area contributed by atoms with E-state index in [0.29, 0.717) is 64.7 Å². The van der Waals surface area contributed by atoms with Crippen LogP contribution in [0.15, 0.2) is 42.5 Å². The number of carbonyl (C=O) groups excluding carboxylic acids is 1. The number of aromatic nitrogens is 2. The third-order valence-electron chi connectivity index (χ3n) is 5.08. The van der Waals surface area contributed by atoms with Crippen molar-refractivity contribution >= 4 is 40.7 Å². The monoisotopic (exact) mass is 466 g/mol. The van der Waals surface area contributed by atoms with Crippen LogP contribution < -0.4 is 0 Å². The molecule has 1 aliphatic rings. The molecule has 0 radical (unpaired) electrons. The van der Waals surface area contributed by atoms with Gasteiger partial charge in [0.05, 0.1) is 10.7 Å². The van der Waals surface area contributed by atoms with Gasteiger partial charge in [-0.2, -0.15) is 5.10 Å². The fourth-order valence-corrected chi connectivity index (χ4v) is 4.17. The summed E-state index contributed by atoms with van der Waals surface area (Å²) in [6.45, 7) is 3.17. The van der Waals surface area contributed by atoms with Crippen LogP contribution in [0.25, 0.3) is 11.3 Å². The van der Waals surface area contributed by atoms with Gasteiger partial charge < -0.3 is 4.90 Å². The lowest BCUT2D eigenvalue weighted by Gasteiger charge is -2.34. The first kappa shape index (κ1) is 21.1. The summed E-state index contributed by atoms with van der Waals surface area (Å²) < 4.78 is 13.2. The normalized spacial score (nSPS) is 14.9. The van der Waals surface area contributed by atoms with Crippen molar-refractivity contribution in [1.82, 2.24) is 20.0 Å². The molecule has 0 saturated carbocycles. The van der Waals surface area contributed by atoms with Crippen LogP contribution >= 0.6 is 34.8 Å². The molecule has 1 fully saturated rings. The number of amides is 1. The highest BCUT2D eigenvalue weighted by atomic mass is 35.5. The number of rotatable bonds is 4. The molecule has 0 spiro atoms. The van der Waals surface area contributed by atoms with Crippen molar-refractivity contribution in [3.63, 3.8) is 0 Å². The second kappa shape index (κ2) is 8.94. The van der Waals surface area contributed by atoms with Gasteiger partial charge in [-0.25, -0.2) is 4.39 Å². The molecule has 4 rings (SSSR count). The molecule has 3 aromatic rings. The summed E-state index contributed by atoms with van der Waals surface area (Å²) in [6.07, 6.45) is 0. The standard InChI is InChI=1S/C21H18Cl3FN4O/c22-14-2-4-16(18(24)9-14)19-11-20(27-26-19)21(30)29-7-5-28(6-8-29)12-13-1-3-15(25)10-17(13)23/h1-4,9-11H,5-8,12H2,(H,26,27). The first-order valence-electron chi connectivity index (χ1n) is 9.37. The van der Waals surface area contributed by atoms with Crippen molar-refractivity contribution in [2.24, 2.45) is 0 Å². The summed E-state index contributed by atoms with van der Waals surface area (Å²) in [7, 11) is 0. The first-order chi connectivity index (χ1) is 14.4. The number of piperazine rings is 1. The molecule has 1 N–H and O–H groups in total. The van der Waals surface area contributed by atoms with E-state index in [1.165, 1.54) is 12.1 Å². The van der Waals surface area contributed by atoms with Gasteiger partial charge in [-0.15, -0.1) is 0 Å². The Morgan fingerprint density at radius 3 is 2.47 bits per heavy atom. The first-order valence-corrected chi connectivity index (χ1v) is 10.5. The number of hydrogen-bond donors (Lipinski definition) is 1. The molecule has 30 heavy (non-hydrogen) atoms. The highest BCUT2D eigenvalue weighted by Gasteiger charge is 2.24. The van der Waals surface area contributed by atoms with Crippen LogP contribution in [0.1, 0.15) is 16.1 Å². The Morgan fingerprint density at radius 2 is 1.77 bits per heavy atom. The minimum atomic E-state index is -0.349. The van der Waals surface area contributed by atoms with E-state index in [9.17, 15) is 9.18 Å². The quantitative estimate of drug-likeness (QED) is 0.578. The zero-order valence-electron chi connectivity index (χ0n) is 15.8. The summed E-state index contributed by atoms with van der Waals surface area (Å²) in [5.41, 5.74) is 2.57. The SMILES string of the molecule is O=C(c1cc(-c2ccc(Cl)cc2Cl)n[nH]1)N1CCN(Cc2ccc(F)cc2Cl)CC1. The minimum Gasteiger partial charge on any atom is -0.335 e. The number of benzene rings is 2. The molecule has 0 unspecified atom stereocenters. The number of halogens is 4. The maximum Gasteiger partial charge on any atom is 0.271 e. The molecule has 0 atom stereocenters. The molecule has 0 bridgehead atoms. The molecule has 9 heteroatoms. The predicted octanol–water partition coefficient (Wildman–Crippen LogP) is 5.13. The van der Waals surface area contributed by atoms with E-state index >= 15 is 0 Å². The van der Waals surface area contributed by atoms with Crippen LogP contribution in [0, 0.1) is 5.82 Å². The van der Waals surface area contributed by atoms with Crippen molar-refractivity contribution in [3.8, 4) is 11.3 Å². The highest BCUT2D eigenvalue weighted by Crippen LogP contribution is 2.29. The van der Waals surface area contributed by atoms with Crippen LogP contribution in [0.3, 0.4) is 0 Å². The van der Waals surface area contributed by atoms with E-state index in [2.05, 4.69) is 15.1 Å². The maximum absolute atomic E-state index is 13.2. The number of carbonyl (C=O) groups is 1. The van der Waals surface area contributed by atoms with Gasteiger partial charge in [0.1, 0.15) is 11.5 Å². The molecule has 0 aliphatic carbocycles. The van der Waals surface area contributed by atoms with Crippen LogP contribution in [-0.4, -0.2) is 52.1 Å². The Bertz CT molecular complexity index is 1080. The summed E-state index contributed by atoms with van der Waals surface area (Å²) in [5.74, 6) is -0.462. The van der Waals surface area contributed by atoms with Crippen molar-refractivity contribution < 1.29 is 9.18 Å². The van der Waals surface area contributed by atoms with E-state index in [1.54, 1.807) is 35.2 Å². The van der Waals surface area contributed by atoms with Crippen LogP contribution in [-0.2, 0) is 6.54 Å². The van der Waals surface area contributed by atoms with Gasteiger partial charge in [0, 0.05) is 48.3 Å². The molecule has 2 heterocycles. The second-order valence-corrected chi connectivity index (χ2v) is 8.35. The maximum atomic E-state index is 13.2. The average molecular weight is 468 g/mol. The Balaban J connectivity index is 1.38. The van der Waals surface area contributed by atoms with E-state index in [1.807, 2.05) is 0 Å². The van der Waals surface area contributed by atoms with Crippen LogP contribution in [0.2, 0.25) is 15.1 Å². The molecule has 156 valence electrons. The molecule has 2 aromatic carbocycles. The van der Waals surface area contributed by atoms with Gasteiger partial charge in [0.15, 0.2) is 0 Å². The third kappa shape index (κ3) is 4.62. The Labute approximate surface area is 188 Å². The molecular formula is C21H18Cl3FN4O. The van der Waals surface area contributed by atoms with Crippen molar-refractivity contribution in [3.05, 3.63) is 74.6 Å². The smallest absolute Gasteiger partial charge is 0.271 e. The number of aromatic amines is 1. The zero-order valence-corrected chi connectivity index (χ0v) is 18.1. The van der Waals surface area contributed by atoms with E-state index in [0.717, 1.165) is 5.56 Å².